The molecule has 0 aliphatic carbocycles. The number of piperidine rings is 1. The van der Waals surface area contributed by atoms with Gasteiger partial charge in [-0.15, -0.1) is 0 Å². The van der Waals surface area contributed by atoms with Crippen molar-refractivity contribution >= 4 is 25.2 Å². The summed E-state index contributed by atoms with van der Waals surface area (Å²) in [6.45, 7) is 14.5. The van der Waals surface area contributed by atoms with Crippen molar-refractivity contribution in [2.24, 2.45) is 11.8 Å². The maximum absolute atomic E-state index is 12.0. The van der Waals surface area contributed by atoms with Crippen LogP contribution in [0.5, 0.6) is 5.75 Å². The quantitative estimate of drug-likeness (QED) is 0.352. The van der Waals surface area contributed by atoms with Crippen LogP contribution in [-0.2, 0) is 20.4 Å². The number of carbonyl (C=O) groups excluding carboxylic acids is 1. The maximum Gasteiger partial charge on any atom is 0.305 e. The Labute approximate surface area is 211 Å². The molecule has 3 atom stereocenters. The number of H-pyrrole nitrogens is 1. The summed E-state index contributed by atoms with van der Waals surface area (Å²) >= 11 is 0. The number of hydrogen-bond donors (Lipinski definition) is 1. The van der Waals surface area contributed by atoms with Gasteiger partial charge in [-0.1, -0.05) is 26.8 Å². The third-order valence-electron chi connectivity index (χ3n) is 8.93. The van der Waals surface area contributed by atoms with E-state index in [1.165, 1.54) is 23.8 Å². The van der Waals surface area contributed by atoms with Crippen LogP contribution in [-0.4, -0.2) is 58.1 Å². The molecular weight excluding hydrogens is 456 g/mol. The number of nitrogens with one attached hydrogen (secondary N) is 1. The van der Waals surface area contributed by atoms with Crippen molar-refractivity contribution in [2.45, 2.75) is 77.0 Å². The molecule has 1 fully saturated rings. The number of nitrogens with zero attached hydrogens (tertiary/aromatic N) is 1. The van der Waals surface area contributed by atoms with Crippen molar-refractivity contribution in [3.8, 4) is 5.75 Å². The van der Waals surface area contributed by atoms with E-state index >= 15 is 0 Å². The molecule has 35 heavy (non-hydrogen) atoms. The van der Waals surface area contributed by atoms with Gasteiger partial charge in [0.2, 0.25) is 0 Å². The van der Waals surface area contributed by atoms with Crippen molar-refractivity contribution < 1.29 is 18.7 Å². The van der Waals surface area contributed by atoms with Gasteiger partial charge >= 0.3 is 5.97 Å². The number of esters is 1. The van der Waals surface area contributed by atoms with Gasteiger partial charge in [-0.2, -0.15) is 0 Å². The van der Waals surface area contributed by atoms with Crippen molar-refractivity contribution in [1.82, 2.24) is 9.88 Å². The minimum absolute atomic E-state index is 0.108. The van der Waals surface area contributed by atoms with Crippen LogP contribution in [0.1, 0.15) is 63.8 Å². The van der Waals surface area contributed by atoms with Gasteiger partial charge in [-0.25, -0.2) is 0 Å². The van der Waals surface area contributed by atoms with E-state index in [0.29, 0.717) is 24.3 Å². The van der Waals surface area contributed by atoms with Crippen molar-refractivity contribution in [1.29, 1.82) is 0 Å². The van der Waals surface area contributed by atoms with Gasteiger partial charge in [0.15, 0.2) is 8.32 Å². The zero-order chi connectivity index (χ0) is 25.4. The standard InChI is InChI=1S/C28H44N2O4Si/c1-28(2,3)35(6,7)34-16-14-20-18-30-15-13-21-26-22(9-8-10-24(26)32-4)29-27(21)23(30)17-19(20)11-12-25(31)33-5/h8-10,19-20,23,29H,11-18H2,1-7H3/t19-,20+,23-/m0/s1. The number of carbonyl (C=O) groups is 1. The summed E-state index contributed by atoms with van der Waals surface area (Å²) < 4.78 is 17.2. The van der Waals surface area contributed by atoms with Crippen molar-refractivity contribution in [3.05, 3.63) is 29.5 Å². The van der Waals surface area contributed by atoms with Crippen LogP contribution in [0.2, 0.25) is 18.1 Å². The maximum atomic E-state index is 12.0. The Morgan fingerprint density at radius 1 is 1.17 bits per heavy atom. The lowest BCUT2D eigenvalue weighted by atomic mass is 9.75. The second kappa shape index (κ2) is 10.3. The second-order valence-corrected chi connectivity index (χ2v) is 16.7. The highest BCUT2D eigenvalue weighted by Crippen LogP contribution is 2.46. The molecule has 0 bridgehead atoms. The lowest BCUT2D eigenvalue weighted by Crippen LogP contribution is -2.47. The van der Waals surface area contributed by atoms with E-state index in [2.05, 4.69) is 61.9 Å². The molecule has 194 valence electrons. The second-order valence-electron chi connectivity index (χ2n) is 11.9. The highest BCUT2D eigenvalue weighted by atomic mass is 28.4. The first-order chi connectivity index (χ1) is 16.6. The summed E-state index contributed by atoms with van der Waals surface area (Å²) in [5, 5.41) is 1.45. The minimum atomic E-state index is -1.77. The van der Waals surface area contributed by atoms with Gasteiger partial charge in [0.05, 0.1) is 20.3 Å². The summed E-state index contributed by atoms with van der Waals surface area (Å²) in [4.78, 5) is 18.4. The Hall–Kier alpha value is -1.83. The molecule has 0 amide bonds. The number of fused-ring (bicyclic) bond motifs is 5. The van der Waals surface area contributed by atoms with Gasteiger partial charge in [0, 0.05) is 42.7 Å². The molecule has 2 aromatic rings. The highest BCUT2D eigenvalue weighted by molar-refractivity contribution is 6.74. The molecule has 0 saturated carbocycles. The van der Waals surface area contributed by atoms with E-state index in [9.17, 15) is 4.79 Å². The number of ether oxygens (including phenoxy) is 2. The molecule has 7 heteroatoms. The third kappa shape index (κ3) is 5.32. The molecule has 3 heterocycles. The molecule has 6 nitrogen and oxygen atoms in total. The predicted octanol–water partition coefficient (Wildman–Crippen LogP) is 6.08. The monoisotopic (exact) mass is 500 g/mol. The lowest BCUT2D eigenvalue weighted by molar-refractivity contribution is -0.141. The fraction of sp³-hybridized carbons (Fsp3) is 0.679. The van der Waals surface area contributed by atoms with Gasteiger partial charge in [0.25, 0.3) is 0 Å². The predicted molar refractivity (Wildman–Crippen MR) is 143 cm³/mol. The lowest BCUT2D eigenvalue weighted by Gasteiger charge is -2.47. The zero-order valence-electron chi connectivity index (χ0n) is 22.7. The number of benzene rings is 1. The Morgan fingerprint density at radius 3 is 2.63 bits per heavy atom. The van der Waals surface area contributed by atoms with Crippen molar-refractivity contribution in [3.63, 3.8) is 0 Å². The van der Waals surface area contributed by atoms with Gasteiger partial charge < -0.3 is 18.9 Å². The molecule has 1 aromatic heterocycles. The molecule has 4 rings (SSSR count). The van der Waals surface area contributed by atoms with Gasteiger partial charge in [-0.3, -0.25) is 9.69 Å². The average Bonchev–Trinajstić information content (AvgIpc) is 3.20. The zero-order valence-corrected chi connectivity index (χ0v) is 23.7. The highest BCUT2D eigenvalue weighted by Gasteiger charge is 2.41. The smallest absolute Gasteiger partial charge is 0.305 e. The molecular formula is C28H44N2O4Si. The van der Waals surface area contributed by atoms with Crippen LogP contribution in [0.4, 0.5) is 0 Å². The average molecular weight is 501 g/mol. The Balaban J connectivity index is 1.54. The van der Waals surface area contributed by atoms with E-state index in [1.54, 1.807) is 7.11 Å². The van der Waals surface area contributed by atoms with Crippen LogP contribution in [0, 0.1) is 11.8 Å². The first kappa shape index (κ1) is 26.2. The number of methoxy groups -OCH3 is 2. The van der Waals surface area contributed by atoms with Crippen LogP contribution in [0.3, 0.4) is 0 Å². The van der Waals surface area contributed by atoms with Crippen LogP contribution < -0.4 is 4.74 Å². The van der Waals surface area contributed by atoms with E-state index in [1.807, 2.05) is 0 Å². The van der Waals surface area contributed by atoms with Crippen molar-refractivity contribution in [2.75, 3.05) is 33.9 Å². The summed E-state index contributed by atoms with van der Waals surface area (Å²) in [5.74, 6) is 1.84. The van der Waals surface area contributed by atoms with E-state index < -0.39 is 8.32 Å². The normalized spacial score (nSPS) is 23.1. The minimum Gasteiger partial charge on any atom is -0.496 e. The first-order valence-corrected chi connectivity index (χ1v) is 16.1. The fourth-order valence-electron chi connectivity index (χ4n) is 5.79. The summed E-state index contributed by atoms with van der Waals surface area (Å²) in [6.07, 6.45) is 4.51. The summed E-state index contributed by atoms with van der Waals surface area (Å²) in [5.41, 5.74) is 3.91. The largest absolute Gasteiger partial charge is 0.496 e. The number of hydrogen-bond acceptors (Lipinski definition) is 5. The Morgan fingerprint density at radius 2 is 1.94 bits per heavy atom. The molecule has 2 aliphatic heterocycles. The third-order valence-corrected chi connectivity index (χ3v) is 13.5. The number of rotatable bonds is 8. The Bertz CT molecular complexity index is 1040. The number of aromatic amines is 1. The fourth-order valence-corrected chi connectivity index (χ4v) is 6.85. The molecule has 1 saturated heterocycles. The number of aromatic nitrogens is 1. The van der Waals surface area contributed by atoms with Crippen LogP contribution in [0.25, 0.3) is 10.9 Å². The Kier molecular flexibility index (Phi) is 7.70. The van der Waals surface area contributed by atoms with E-state index in [0.717, 1.165) is 56.6 Å². The first-order valence-electron chi connectivity index (χ1n) is 13.2. The van der Waals surface area contributed by atoms with Crippen LogP contribution in [0.15, 0.2) is 18.2 Å². The molecule has 1 N–H and O–H groups in total. The molecule has 0 radical (unpaired) electrons. The van der Waals surface area contributed by atoms with Gasteiger partial charge in [-0.05, 0) is 73.3 Å². The van der Waals surface area contributed by atoms with Crippen LogP contribution >= 0.6 is 0 Å². The molecule has 1 aromatic carbocycles. The SMILES string of the molecule is COC(=O)CC[C@H]1C[C@H]2c3[nH]c4cccc(OC)c4c3CCN2C[C@H]1CCO[Si](C)(C)C(C)(C)C. The molecule has 0 spiro atoms. The van der Waals surface area contributed by atoms with Gasteiger partial charge in [0.1, 0.15) is 5.75 Å². The van der Waals surface area contributed by atoms with E-state index in [-0.39, 0.29) is 11.0 Å². The molecule has 0 unspecified atom stereocenters. The summed E-state index contributed by atoms with van der Waals surface area (Å²) in [7, 11) is 1.47. The topological polar surface area (TPSA) is 63.8 Å². The summed E-state index contributed by atoms with van der Waals surface area (Å²) in [6, 6.07) is 6.62. The van der Waals surface area contributed by atoms with E-state index in [4.69, 9.17) is 13.9 Å². The molecule has 2 aliphatic rings.